The second-order valence-electron chi connectivity index (χ2n) is 5.96. The molecule has 4 nitrogen and oxygen atoms in total. The van der Waals surface area contributed by atoms with Crippen molar-refractivity contribution in [3.63, 3.8) is 0 Å². The van der Waals surface area contributed by atoms with Crippen LogP contribution in [0, 0.1) is 11.3 Å². The van der Waals surface area contributed by atoms with E-state index in [0.717, 1.165) is 41.9 Å². The Morgan fingerprint density at radius 3 is 2.79 bits per heavy atom. The van der Waals surface area contributed by atoms with Gasteiger partial charge in [0.2, 0.25) is 0 Å². The summed E-state index contributed by atoms with van der Waals surface area (Å²) < 4.78 is 5.37. The van der Waals surface area contributed by atoms with Gasteiger partial charge < -0.3 is 9.64 Å². The van der Waals surface area contributed by atoms with Gasteiger partial charge in [0.05, 0.1) is 23.9 Å². The van der Waals surface area contributed by atoms with Crippen LogP contribution in [0.3, 0.4) is 0 Å². The average molecular weight is 315 g/mol. The zero-order valence-corrected chi connectivity index (χ0v) is 13.5. The smallest absolute Gasteiger partial charge is 0.119 e. The van der Waals surface area contributed by atoms with Crippen LogP contribution in [0.5, 0.6) is 5.75 Å². The van der Waals surface area contributed by atoms with Gasteiger partial charge in [-0.05, 0) is 35.7 Å². The number of hydrogen-bond acceptors (Lipinski definition) is 4. The van der Waals surface area contributed by atoms with Crippen molar-refractivity contribution in [2.45, 2.75) is 13.0 Å². The fourth-order valence-electron chi connectivity index (χ4n) is 3.39. The lowest BCUT2D eigenvalue weighted by atomic mass is 9.98. The molecule has 1 aromatic heterocycles. The zero-order chi connectivity index (χ0) is 16.5. The molecule has 0 saturated heterocycles. The monoisotopic (exact) mass is 315 g/mol. The van der Waals surface area contributed by atoms with Gasteiger partial charge in [-0.2, -0.15) is 5.26 Å². The molecule has 0 atom stereocenters. The van der Waals surface area contributed by atoms with E-state index in [1.807, 2.05) is 18.2 Å². The van der Waals surface area contributed by atoms with Crippen LogP contribution in [-0.2, 0) is 13.0 Å². The Labute approximate surface area is 140 Å². The number of benzene rings is 2. The Balaban J connectivity index is 1.88. The van der Waals surface area contributed by atoms with E-state index in [1.54, 1.807) is 13.3 Å². The fraction of sp³-hybridized carbons (Fsp3) is 0.200. The van der Waals surface area contributed by atoms with Gasteiger partial charge in [-0.15, -0.1) is 0 Å². The van der Waals surface area contributed by atoms with Crippen LogP contribution in [0.1, 0.15) is 16.7 Å². The van der Waals surface area contributed by atoms with E-state index in [-0.39, 0.29) is 0 Å². The molecule has 1 aliphatic rings. The van der Waals surface area contributed by atoms with E-state index in [0.29, 0.717) is 5.56 Å². The molecule has 4 heteroatoms. The van der Waals surface area contributed by atoms with Gasteiger partial charge in [0.25, 0.3) is 0 Å². The molecule has 0 radical (unpaired) electrons. The molecule has 4 rings (SSSR count). The average Bonchev–Trinajstić information content (AvgIpc) is 2.66. The molecular formula is C20H17N3O. The summed E-state index contributed by atoms with van der Waals surface area (Å²) in [6, 6.07) is 16.6. The summed E-state index contributed by atoms with van der Waals surface area (Å²) in [7, 11) is 1.65. The summed E-state index contributed by atoms with van der Waals surface area (Å²) in [6.07, 6.45) is 2.65. The second kappa shape index (κ2) is 5.86. The molecule has 24 heavy (non-hydrogen) atoms. The van der Waals surface area contributed by atoms with Crippen molar-refractivity contribution in [3.05, 3.63) is 65.4 Å². The van der Waals surface area contributed by atoms with E-state index < -0.39 is 0 Å². The number of nitrogens with zero attached hydrogens (tertiary/aromatic N) is 3. The summed E-state index contributed by atoms with van der Waals surface area (Å²) in [4.78, 5) is 6.70. The van der Waals surface area contributed by atoms with Crippen LogP contribution in [0.25, 0.3) is 10.9 Å². The van der Waals surface area contributed by atoms with Crippen LogP contribution in [-0.4, -0.2) is 18.6 Å². The first-order chi connectivity index (χ1) is 11.8. The topological polar surface area (TPSA) is 49.1 Å². The van der Waals surface area contributed by atoms with Gasteiger partial charge in [0.15, 0.2) is 0 Å². The van der Waals surface area contributed by atoms with Crippen molar-refractivity contribution < 1.29 is 4.74 Å². The minimum Gasteiger partial charge on any atom is -0.497 e. The Kier molecular flexibility index (Phi) is 3.55. The predicted octanol–water partition coefficient (Wildman–Crippen LogP) is 3.68. The molecule has 2 heterocycles. The van der Waals surface area contributed by atoms with Gasteiger partial charge >= 0.3 is 0 Å². The molecule has 0 fully saturated rings. The summed E-state index contributed by atoms with van der Waals surface area (Å²) >= 11 is 0. The third-order valence-electron chi connectivity index (χ3n) is 4.61. The van der Waals surface area contributed by atoms with Crippen molar-refractivity contribution in [3.8, 4) is 11.8 Å². The number of ether oxygens (including phenoxy) is 1. The maximum Gasteiger partial charge on any atom is 0.119 e. The Morgan fingerprint density at radius 2 is 2.00 bits per heavy atom. The number of hydrogen-bond donors (Lipinski definition) is 0. The van der Waals surface area contributed by atoms with Gasteiger partial charge in [0.1, 0.15) is 11.8 Å². The van der Waals surface area contributed by atoms with Crippen molar-refractivity contribution in [2.75, 3.05) is 18.6 Å². The van der Waals surface area contributed by atoms with E-state index in [4.69, 9.17) is 4.74 Å². The summed E-state index contributed by atoms with van der Waals surface area (Å²) in [5.74, 6) is 0.776. The van der Waals surface area contributed by atoms with Crippen molar-refractivity contribution >= 4 is 16.6 Å². The van der Waals surface area contributed by atoms with E-state index >= 15 is 0 Å². The molecule has 0 N–H and O–H groups in total. The lowest BCUT2D eigenvalue weighted by Crippen LogP contribution is -2.31. The lowest BCUT2D eigenvalue weighted by Gasteiger charge is -2.32. The summed E-state index contributed by atoms with van der Waals surface area (Å²) in [5, 5.41) is 10.5. The highest BCUT2D eigenvalue weighted by Crippen LogP contribution is 2.34. The highest BCUT2D eigenvalue weighted by Gasteiger charge is 2.21. The number of methoxy groups -OCH3 is 1. The quantitative estimate of drug-likeness (QED) is 0.724. The molecular weight excluding hydrogens is 298 g/mol. The fourth-order valence-corrected chi connectivity index (χ4v) is 3.39. The number of aromatic nitrogens is 1. The first-order valence-electron chi connectivity index (χ1n) is 7.99. The molecule has 3 aromatic rings. The van der Waals surface area contributed by atoms with E-state index in [9.17, 15) is 5.26 Å². The Bertz CT molecular complexity index is 959. The number of pyridine rings is 1. The number of nitriles is 1. The Hall–Kier alpha value is -3.06. The maximum absolute atomic E-state index is 9.58. The van der Waals surface area contributed by atoms with Crippen molar-refractivity contribution in [1.29, 1.82) is 5.26 Å². The number of anilines is 1. The van der Waals surface area contributed by atoms with Gasteiger partial charge in [-0.3, -0.25) is 4.98 Å². The zero-order valence-electron chi connectivity index (χ0n) is 13.5. The van der Waals surface area contributed by atoms with E-state index in [1.165, 1.54) is 11.1 Å². The minimum atomic E-state index is 0.607. The highest BCUT2D eigenvalue weighted by molar-refractivity contribution is 5.95. The minimum absolute atomic E-state index is 0.607. The molecule has 0 amide bonds. The molecule has 0 saturated carbocycles. The number of fused-ring (bicyclic) bond motifs is 2. The molecule has 2 aromatic carbocycles. The normalized spacial score (nSPS) is 13.4. The molecule has 1 aliphatic heterocycles. The van der Waals surface area contributed by atoms with Crippen LogP contribution >= 0.6 is 0 Å². The molecule has 0 aliphatic carbocycles. The first kappa shape index (κ1) is 14.5. The van der Waals surface area contributed by atoms with Crippen LogP contribution in [0.4, 0.5) is 5.69 Å². The summed E-state index contributed by atoms with van der Waals surface area (Å²) in [5.41, 5.74) is 5.15. The Morgan fingerprint density at radius 1 is 1.17 bits per heavy atom. The first-order valence-corrected chi connectivity index (χ1v) is 7.99. The predicted molar refractivity (Wildman–Crippen MR) is 94.2 cm³/mol. The lowest BCUT2D eigenvalue weighted by molar-refractivity contribution is 0.415. The van der Waals surface area contributed by atoms with Crippen molar-refractivity contribution in [2.24, 2.45) is 0 Å². The molecule has 0 unspecified atom stereocenters. The standard InChI is InChI=1S/C20H17N3O/c1-24-17-6-7-19-18(10-17)20(16(11-21)12-22-19)23-9-8-14-4-2-3-5-15(14)13-23/h2-7,10,12H,8-9,13H2,1H3. The van der Waals surface area contributed by atoms with Crippen molar-refractivity contribution in [1.82, 2.24) is 4.98 Å². The third kappa shape index (κ3) is 2.35. The van der Waals surface area contributed by atoms with Crippen LogP contribution < -0.4 is 9.64 Å². The van der Waals surface area contributed by atoms with Gasteiger partial charge in [-0.1, -0.05) is 24.3 Å². The second-order valence-corrected chi connectivity index (χ2v) is 5.96. The SMILES string of the molecule is COc1ccc2ncc(C#N)c(N3CCc4ccccc4C3)c2c1. The third-order valence-corrected chi connectivity index (χ3v) is 4.61. The molecule has 118 valence electrons. The van der Waals surface area contributed by atoms with Crippen LogP contribution in [0.15, 0.2) is 48.7 Å². The number of rotatable bonds is 2. The maximum atomic E-state index is 9.58. The molecule has 0 bridgehead atoms. The summed E-state index contributed by atoms with van der Waals surface area (Å²) in [6.45, 7) is 1.70. The highest BCUT2D eigenvalue weighted by atomic mass is 16.5. The molecule has 0 spiro atoms. The van der Waals surface area contributed by atoms with E-state index in [2.05, 4.69) is 40.2 Å². The largest absolute Gasteiger partial charge is 0.497 e. The van der Waals surface area contributed by atoms with Gasteiger partial charge in [0, 0.05) is 24.7 Å². The van der Waals surface area contributed by atoms with Gasteiger partial charge in [-0.25, -0.2) is 0 Å². The van der Waals surface area contributed by atoms with Crippen LogP contribution in [0.2, 0.25) is 0 Å².